The highest BCUT2D eigenvalue weighted by Gasteiger charge is 2.14. The van der Waals surface area contributed by atoms with Crippen LogP contribution in [0.1, 0.15) is 19.5 Å². The summed E-state index contributed by atoms with van der Waals surface area (Å²) in [6.07, 6.45) is 3.75. The van der Waals surface area contributed by atoms with Gasteiger partial charge in [-0.2, -0.15) is 0 Å². The third-order valence-electron chi connectivity index (χ3n) is 3.82. The van der Waals surface area contributed by atoms with Gasteiger partial charge in [0.25, 0.3) is 5.56 Å². The summed E-state index contributed by atoms with van der Waals surface area (Å²) >= 11 is 0. The number of anilines is 1. The van der Waals surface area contributed by atoms with E-state index in [0.717, 1.165) is 11.3 Å². The summed E-state index contributed by atoms with van der Waals surface area (Å²) in [5.41, 5.74) is 2.80. The van der Waals surface area contributed by atoms with Crippen LogP contribution in [0.5, 0.6) is 0 Å². The van der Waals surface area contributed by atoms with Crippen molar-refractivity contribution in [1.82, 2.24) is 19.5 Å². The lowest BCUT2D eigenvalue weighted by Gasteiger charge is -2.14. The molecule has 7 heteroatoms. The van der Waals surface area contributed by atoms with Gasteiger partial charge in [-0.1, -0.05) is 0 Å². The highest BCUT2D eigenvalue weighted by Crippen LogP contribution is 2.25. The molecular formula is C18H21N5O2. The largest absolute Gasteiger partial charge is 0.396 e. The molecule has 3 aromatic rings. The van der Waals surface area contributed by atoms with E-state index in [2.05, 4.69) is 20.3 Å². The normalized spacial score (nSPS) is 11.2. The van der Waals surface area contributed by atoms with E-state index < -0.39 is 0 Å². The standard InChI is InChI=1S/C18H21N5O2/c1-11(2)21-17-16-15(20-10-23(3)18(16)25)8-14(22-17)12-4-5-13(6-7-24)19-9-12/h4-5,8-11,24H,6-7H2,1-3H3,(H,21,22). The van der Waals surface area contributed by atoms with Crippen molar-refractivity contribution in [3.63, 3.8) is 0 Å². The molecule has 0 aliphatic carbocycles. The van der Waals surface area contributed by atoms with Gasteiger partial charge in [0.1, 0.15) is 11.2 Å². The van der Waals surface area contributed by atoms with Gasteiger partial charge in [-0.25, -0.2) is 9.97 Å². The summed E-state index contributed by atoms with van der Waals surface area (Å²) < 4.78 is 1.44. The number of nitrogens with zero attached hydrogens (tertiary/aromatic N) is 4. The minimum Gasteiger partial charge on any atom is -0.396 e. The maximum absolute atomic E-state index is 12.5. The van der Waals surface area contributed by atoms with Crippen LogP contribution < -0.4 is 10.9 Å². The molecule has 0 bridgehead atoms. The minimum absolute atomic E-state index is 0.0657. The first-order valence-corrected chi connectivity index (χ1v) is 8.18. The Morgan fingerprint density at radius 2 is 2.08 bits per heavy atom. The summed E-state index contributed by atoms with van der Waals surface area (Å²) in [4.78, 5) is 25.8. The van der Waals surface area contributed by atoms with Crippen LogP contribution in [0.15, 0.2) is 35.5 Å². The van der Waals surface area contributed by atoms with Crippen LogP contribution in [0.2, 0.25) is 0 Å². The van der Waals surface area contributed by atoms with E-state index >= 15 is 0 Å². The van der Waals surface area contributed by atoms with Gasteiger partial charge in [0.15, 0.2) is 0 Å². The fourth-order valence-corrected chi connectivity index (χ4v) is 2.59. The highest BCUT2D eigenvalue weighted by molar-refractivity contribution is 5.91. The molecule has 0 spiro atoms. The Morgan fingerprint density at radius 1 is 1.28 bits per heavy atom. The zero-order valence-corrected chi connectivity index (χ0v) is 14.5. The lowest BCUT2D eigenvalue weighted by Crippen LogP contribution is -2.21. The average molecular weight is 339 g/mol. The lowest BCUT2D eigenvalue weighted by molar-refractivity contribution is 0.298. The van der Waals surface area contributed by atoms with Gasteiger partial charge in [-0.3, -0.25) is 9.78 Å². The Bertz CT molecular complexity index is 948. The number of aromatic nitrogens is 4. The molecule has 0 fully saturated rings. The quantitative estimate of drug-likeness (QED) is 0.735. The zero-order chi connectivity index (χ0) is 18.0. The fraction of sp³-hybridized carbons (Fsp3) is 0.333. The number of aliphatic hydroxyl groups excluding tert-OH is 1. The first-order valence-electron chi connectivity index (χ1n) is 8.18. The molecule has 0 radical (unpaired) electrons. The molecular weight excluding hydrogens is 318 g/mol. The average Bonchev–Trinajstić information content (AvgIpc) is 2.58. The number of rotatable bonds is 5. The molecule has 2 N–H and O–H groups in total. The Balaban J connectivity index is 2.16. The van der Waals surface area contributed by atoms with Gasteiger partial charge in [0, 0.05) is 43.6 Å². The molecule has 3 rings (SSSR count). The second kappa shape index (κ2) is 6.98. The summed E-state index contributed by atoms with van der Waals surface area (Å²) in [6.45, 7) is 4.05. The van der Waals surface area contributed by atoms with Gasteiger partial charge in [0.2, 0.25) is 0 Å². The van der Waals surface area contributed by atoms with Crippen molar-refractivity contribution in [3.05, 3.63) is 46.8 Å². The molecule has 0 atom stereocenters. The van der Waals surface area contributed by atoms with Crippen molar-refractivity contribution in [2.75, 3.05) is 11.9 Å². The first-order chi connectivity index (χ1) is 12.0. The molecule has 0 unspecified atom stereocenters. The van der Waals surface area contributed by atoms with E-state index in [0.29, 0.717) is 28.8 Å². The van der Waals surface area contributed by atoms with Crippen molar-refractivity contribution in [3.8, 4) is 11.3 Å². The van der Waals surface area contributed by atoms with Crippen LogP contribution in [0.3, 0.4) is 0 Å². The highest BCUT2D eigenvalue weighted by atomic mass is 16.3. The van der Waals surface area contributed by atoms with Crippen molar-refractivity contribution in [2.45, 2.75) is 26.3 Å². The molecule has 0 aromatic carbocycles. The van der Waals surface area contributed by atoms with Crippen LogP contribution in [0.4, 0.5) is 5.82 Å². The molecule has 0 aliphatic heterocycles. The molecule has 0 saturated carbocycles. The number of aliphatic hydroxyl groups is 1. The third-order valence-corrected chi connectivity index (χ3v) is 3.82. The summed E-state index contributed by atoms with van der Waals surface area (Å²) in [5, 5.41) is 12.7. The topological polar surface area (TPSA) is 92.9 Å². The number of pyridine rings is 2. The molecule has 130 valence electrons. The molecule has 0 saturated heterocycles. The third kappa shape index (κ3) is 3.51. The SMILES string of the molecule is CC(C)Nc1nc(-c2ccc(CCO)nc2)cc2ncn(C)c(=O)c12. The maximum atomic E-state index is 12.5. The van der Waals surface area contributed by atoms with E-state index in [1.165, 1.54) is 10.9 Å². The Morgan fingerprint density at radius 3 is 2.72 bits per heavy atom. The first kappa shape index (κ1) is 17.0. The predicted molar refractivity (Wildman–Crippen MR) is 97.6 cm³/mol. The Hall–Kier alpha value is -2.80. The van der Waals surface area contributed by atoms with Gasteiger partial charge >= 0.3 is 0 Å². The molecule has 0 amide bonds. The molecule has 0 aliphatic rings. The van der Waals surface area contributed by atoms with Crippen LogP contribution in [-0.4, -0.2) is 37.3 Å². The van der Waals surface area contributed by atoms with Crippen molar-refractivity contribution in [1.29, 1.82) is 0 Å². The minimum atomic E-state index is -0.136. The van der Waals surface area contributed by atoms with Gasteiger partial charge < -0.3 is 15.0 Å². The Kier molecular flexibility index (Phi) is 4.76. The summed E-state index contributed by atoms with van der Waals surface area (Å²) in [5.74, 6) is 0.524. The molecule has 7 nitrogen and oxygen atoms in total. The van der Waals surface area contributed by atoms with Crippen LogP contribution in [0, 0.1) is 0 Å². The van der Waals surface area contributed by atoms with Gasteiger partial charge in [-0.05, 0) is 32.0 Å². The van der Waals surface area contributed by atoms with Crippen LogP contribution >= 0.6 is 0 Å². The fourth-order valence-electron chi connectivity index (χ4n) is 2.59. The van der Waals surface area contributed by atoms with E-state index in [4.69, 9.17) is 5.11 Å². The van der Waals surface area contributed by atoms with Crippen LogP contribution in [-0.2, 0) is 13.5 Å². The van der Waals surface area contributed by atoms with E-state index in [9.17, 15) is 4.79 Å². The summed E-state index contributed by atoms with van der Waals surface area (Å²) in [6, 6.07) is 5.70. The van der Waals surface area contributed by atoms with Crippen molar-refractivity contribution >= 4 is 16.7 Å². The number of fused-ring (bicyclic) bond motifs is 1. The van der Waals surface area contributed by atoms with E-state index in [1.54, 1.807) is 19.3 Å². The number of hydrogen-bond acceptors (Lipinski definition) is 6. The second-order valence-electron chi connectivity index (χ2n) is 6.22. The van der Waals surface area contributed by atoms with Gasteiger partial charge in [0.05, 0.1) is 17.5 Å². The predicted octanol–water partition coefficient (Wildman–Crippen LogP) is 1.75. The lowest BCUT2D eigenvalue weighted by atomic mass is 10.1. The van der Waals surface area contributed by atoms with Gasteiger partial charge in [-0.15, -0.1) is 0 Å². The van der Waals surface area contributed by atoms with Crippen molar-refractivity contribution < 1.29 is 5.11 Å². The smallest absolute Gasteiger partial charge is 0.264 e. The van der Waals surface area contributed by atoms with Crippen LogP contribution in [0.25, 0.3) is 22.2 Å². The molecule has 3 aromatic heterocycles. The molecule has 3 heterocycles. The summed E-state index contributed by atoms with van der Waals surface area (Å²) in [7, 11) is 1.67. The van der Waals surface area contributed by atoms with Crippen molar-refractivity contribution in [2.24, 2.45) is 7.05 Å². The number of hydrogen-bond donors (Lipinski definition) is 2. The number of aryl methyl sites for hydroxylation is 1. The van der Waals surface area contributed by atoms with E-state index in [1.807, 2.05) is 26.0 Å². The van der Waals surface area contributed by atoms with E-state index in [-0.39, 0.29) is 18.2 Å². The second-order valence-corrected chi connectivity index (χ2v) is 6.22. The number of nitrogens with one attached hydrogen (secondary N) is 1. The maximum Gasteiger partial charge on any atom is 0.264 e. The zero-order valence-electron chi connectivity index (χ0n) is 14.5. The molecule has 25 heavy (non-hydrogen) atoms. The monoisotopic (exact) mass is 339 g/mol. The Labute approximate surface area is 145 Å².